The lowest BCUT2D eigenvalue weighted by atomic mass is 9.92. The number of nitrogens with one attached hydrogen (secondary N) is 2. The molecule has 2 unspecified atom stereocenters. The number of hydrogen-bond acceptors (Lipinski definition) is 2. The van der Waals surface area contributed by atoms with E-state index < -0.39 is 0 Å². The number of likely N-dealkylation sites (tertiary alicyclic amines) is 1. The molecule has 1 aliphatic rings. The predicted molar refractivity (Wildman–Crippen MR) is 104 cm³/mol. The average molecular weight is 410 g/mol. The topological polar surface area (TPSA) is 39.7 Å². The lowest BCUT2D eigenvalue weighted by Gasteiger charge is -2.35. The Bertz CT molecular complexity index is 284. The third kappa shape index (κ3) is 9.55. The highest BCUT2D eigenvalue weighted by Gasteiger charge is 2.20. The highest BCUT2D eigenvalue weighted by molar-refractivity contribution is 14.0. The molecule has 0 aromatic rings. The first-order chi connectivity index (χ1) is 9.51. The number of piperidine rings is 1. The summed E-state index contributed by atoms with van der Waals surface area (Å²) in [4.78, 5) is 6.87. The molecular formula is C16H35IN4. The summed E-state index contributed by atoms with van der Waals surface area (Å²) in [6, 6.07) is 0. The molecule has 1 fully saturated rings. The lowest BCUT2D eigenvalue weighted by Crippen LogP contribution is -2.42. The van der Waals surface area contributed by atoms with Crippen molar-refractivity contribution < 1.29 is 0 Å². The molecule has 0 saturated carbocycles. The van der Waals surface area contributed by atoms with E-state index in [1.807, 2.05) is 7.05 Å². The summed E-state index contributed by atoms with van der Waals surface area (Å²) >= 11 is 0. The minimum Gasteiger partial charge on any atom is -0.356 e. The first-order valence-electron chi connectivity index (χ1n) is 8.18. The summed E-state index contributed by atoms with van der Waals surface area (Å²) in [5.74, 6) is 3.28. The van der Waals surface area contributed by atoms with Gasteiger partial charge in [-0.05, 0) is 37.1 Å². The molecule has 0 amide bonds. The molecule has 5 heteroatoms. The fourth-order valence-electron chi connectivity index (χ4n) is 3.01. The lowest BCUT2D eigenvalue weighted by molar-refractivity contribution is 0.140. The summed E-state index contributed by atoms with van der Waals surface area (Å²) in [6.45, 7) is 14.9. The average Bonchev–Trinajstić information content (AvgIpc) is 2.36. The zero-order chi connectivity index (χ0) is 15.0. The Kier molecular flexibility index (Phi) is 11.5. The standard InChI is InChI=1S/C16H34N4.HI/c1-13(2)10-19-16(17-5)18-7-6-8-20-11-14(3)9-15(4)12-20;/h13-15H,6-12H2,1-5H3,(H2,17,18,19);1H. The van der Waals surface area contributed by atoms with Gasteiger partial charge in [-0.15, -0.1) is 24.0 Å². The zero-order valence-electron chi connectivity index (χ0n) is 14.5. The molecule has 1 heterocycles. The second-order valence-electron chi connectivity index (χ2n) is 6.83. The van der Waals surface area contributed by atoms with Gasteiger partial charge in [-0.1, -0.05) is 27.7 Å². The van der Waals surface area contributed by atoms with Crippen molar-refractivity contribution in [2.24, 2.45) is 22.7 Å². The van der Waals surface area contributed by atoms with Gasteiger partial charge in [0, 0.05) is 33.2 Å². The van der Waals surface area contributed by atoms with Crippen molar-refractivity contribution in [1.29, 1.82) is 0 Å². The Hall–Kier alpha value is -0.0400. The normalized spacial score (nSPS) is 23.8. The van der Waals surface area contributed by atoms with Crippen LogP contribution >= 0.6 is 24.0 Å². The quantitative estimate of drug-likeness (QED) is 0.306. The Morgan fingerprint density at radius 2 is 1.81 bits per heavy atom. The molecule has 21 heavy (non-hydrogen) atoms. The van der Waals surface area contributed by atoms with Crippen LogP contribution in [0.4, 0.5) is 0 Å². The maximum Gasteiger partial charge on any atom is 0.190 e. The van der Waals surface area contributed by atoms with Crippen LogP contribution in [0.3, 0.4) is 0 Å². The Morgan fingerprint density at radius 3 is 2.33 bits per heavy atom. The van der Waals surface area contributed by atoms with E-state index in [1.165, 1.54) is 32.5 Å². The van der Waals surface area contributed by atoms with Crippen LogP contribution in [0.5, 0.6) is 0 Å². The van der Waals surface area contributed by atoms with E-state index in [0.29, 0.717) is 5.92 Å². The molecule has 1 aliphatic heterocycles. The fourth-order valence-corrected chi connectivity index (χ4v) is 3.01. The molecule has 0 aliphatic carbocycles. The van der Waals surface area contributed by atoms with Crippen LogP contribution < -0.4 is 10.6 Å². The second kappa shape index (κ2) is 11.5. The molecule has 2 N–H and O–H groups in total. The molecule has 0 aromatic carbocycles. The summed E-state index contributed by atoms with van der Waals surface area (Å²) in [5, 5.41) is 6.75. The van der Waals surface area contributed by atoms with Crippen LogP contribution in [-0.4, -0.2) is 50.6 Å². The number of nitrogens with zero attached hydrogens (tertiary/aromatic N) is 2. The van der Waals surface area contributed by atoms with E-state index in [1.54, 1.807) is 0 Å². The summed E-state index contributed by atoms with van der Waals surface area (Å²) in [6.07, 6.45) is 2.57. The highest BCUT2D eigenvalue weighted by atomic mass is 127. The second-order valence-corrected chi connectivity index (χ2v) is 6.83. The Morgan fingerprint density at radius 1 is 1.19 bits per heavy atom. The van der Waals surface area contributed by atoms with Crippen molar-refractivity contribution in [3.8, 4) is 0 Å². The van der Waals surface area contributed by atoms with Crippen LogP contribution in [0.1, 0.15) is 40.5 Å². The number of rotatable bonds is 6. The molecule has 4 nitrogen and oxygen atoms in total. The van der Waals surface area contributed by atoms with Crippen LogP contribution in [0.2, 0.25) is 0 Å². The Labute approximate surface area is 148 Å². The van der Waals surface area contributed by atoms with Gasteiger partial charge in [0.1, 0.15) is 0 Å². The first kappa shape index (κ1) is 21.0. The van der Waals surface area contributed by atoms with Crippen molar-refractivity contribution in [2.75, 3.05) is 39.8 Å². The first-order valence-corrected chi connectivity index (χ1v) is 8.18. The van der Waals surface area contributed by atoms with Crippen LogP contribution in [0.25, 0.3) is 0 Å². The summed E-state index contributed by atoms with van der Waals surface area (Å²) in [7, 11) is 1.84. The van der Waals surface area contributed by atoms with Crippen molar-refractivity contribution in [1.82, 2.24) is 15.5 Å². The smallest absolute Gasteiger partial charge is 0.190 e. The minimum atomic E-state index is 0. The molecule has 0 aromatic heterocycles. The number of hydrogen-bond donors (Lipinski definition) is 2. The third-order valence-electron chi connectivity index (χ3n) is 3.79. The molecule has 0 bridgehead atoms. The third-order valence-corrected chi connectivity index (χ3v) is 3.79. The maximum absolute atomic E-state index is 4.25. The van der Waals surface area contributed by atoms with Gasteiger partial charge in [0.05, 0.1) is 0 Å². The van der Waals surface area contributed by atoms with Crippen LogP contribution in [0.15, 0.2) is 4.99 Å². The van der Waals surface area contributed by atoms with Crippen LogP contribution in [0, 0.1) is 17.8 Å². The number of halogens is 1. The van der Waals surface area contributed by atoms with Gasteiger partial charge >= 0.3 is 0 Å². The molecule has 0 spiro atoms. The molecule has 0 radical (unpaired) electrons. The fraction of sp³-hybridized carbons (Fsp3) is 0.938. The molecular weight excluding hydrogens is 375 g/mol. The van der Waals surface area contributed by atoms with E-state index in [9.17, 15) is 0 Å². The molecule has 126 valence electrons. The summed E-state index contributed by atoms with van der Waals surface area (Å²) < 4.78 is 0. The summed E-state index contributed by atoms with van der Waals surface area (Å²) in [5.41, 5.74) is 0. The van der Waals surface area contributed by atoms with Crippen molar-refractivity contribution in [3.63, 3.8) is 0 Å². The van der Waals surface area contributed by atoms with Gasteiger partial charge in [0.25, 0.3) is 0 Å². The van der Waals surface area contributed by atoms with Crippen molar-refractivity contribution >= 4 is 29.9 Å². The number of aliphatic imine (C=N–C) groups is 1. The van der Waals surface area contributed by atoms with E-state index >= 15 is 0 Å². The minimum absolute atomic E-state index is 0. The van der Waals surface area contributed by atoms with E-state index in [4.69, 9.17) is 0 Å². The zero-order valence-corrected chi connectivity index (χ0v) is 16.8. The van der Waals surface area contributed by atoms with Crippen molar-refractivity contribution in [3.05, 3.63) is 0 Å². The predicted octanol–water partition coefficient (Wildman–Crippen LogP) is 2.79. The monoisotopic (exact) mass is 410 g/mol. The van der Waals surface area contributed by atoms with E-state index in [2.05, 4.69) is 48.2 Å². The molecule has 1 rings (SSSR count). The van der Waals surface area contributed by atoms with Gasteiger partial charge in [0.2, 0.25) is 0 Å². The molecule has 2 atom stereocenters. The number of guanidine groups is 1. The van der Waals surface area contributed by atoms with Gasteiger partial charge in [-0.2, -0.15) is 0 Å². The van der Waals surface area contributed by atoms with Crippen molar-refractivity contribution in [2.45, 2.75) is 40.5 Å². The van der Waals surface area contributed by atoms with Gasteiger partial charge < -0.3 is 15.5 Å². The van der Waals surface area contributed by atoms with E-state index in [0.717, 1.165) is 30.9 Å². The Balaban J connectivity index is 0.00000400. The highest BCUT2D eigenvalue weighted by Crippen LogP contribution is 2.20. The van der Waals surface area contributed by atoms with Gasteiger partial charge in [0.15, 0.2) is 5.96 Å². The van der Waals surface area contributed by atoms with Gasteiger partial charge in [-0.3, -0.25) is 4.99 Å². The van der Waals surface area contributed by atoms with Crippen LogP contribution in [-0.2, 0) is 0 Å². The van der Waals surface area contributed by atoms with Gasteiger partial charge in [-0.25, -0.2) is 0 Å². The maximum atomic E-state index is 4.25. The van der Waals surface area contributed by atoms with E-state index in [-0.39, 0.29) is 24.0 Å². The largest absolute Gasteiger partial charge is 0.356 e. The SMILES string of the molecule is CN=C(NCCCN1CC(C)CC(C)C1)NCC(C)C.I. The molecule has 1 saturated heterocycles.